The lowest BCUT2D eigenvalue weighted by Crippen LogP contribution is -2.42. The van der Waals surface area contributed by atoms with Gasteiger partial charge in [0.2, 0.25) is 0 Å². The van der Waals surface area contributed by atoms with Gasteiger partial charge in [-0.3, -0.25) is 28.1 Å². The highest BCUT2D eigenvalue weighted by atomic mass is 16.2. The Bertz CT molecular complexity index is 1250. The van der Waals surface area contributed by atoms with Crippen molar-refractivity contribution in [1.29, 1.82) is 0 Å². The van der Waals surface area contributed by atoms with Gasteiger partial charge in [-0.25, -0.2) is 4.79 Å². The molecule has 8 heteroatoms. The molecule has 0 unspecified atom stereocenters. The van der Waals surface area contributed by atoms with Crippen LogP contribution in [0.25, 0.3) is 11.0 Å². The standard InChI is InChI=1S/C22H26N4O4/c1-4-11-25-17(27)13-16(19(28)23-14-15-9-7-6-8-10-15)18-20(25)24(3)22(30)26(12-5-2)21(18)29/h6-10,13H,4-5,11-12,14H2,1-3H3,(H,23,28). The Kier molecular flexibility index (Phi) is 6.34. The first kappa shape index (κ1) is 21.3. The van der Waals surface area contributed by atoms with Crippen LogP contribution < -0.4 is 22.1 Å². The molecular weight excluding hydrogens is 384 g/mol. The molecule has 1 amide bonds. The number of pyridine rings is 1. The van der Waals surface area contributed by atoms with E-state index in [9.17, 15) is 19.2 Å². The van der Waals surface area contributed by atoms with E-state index in [0.29, 0.717) is 19.4 Å². The van der Waals surface area contributed by atoms with Gasteiger partial charge < -0.3 is 5.32 Å². The molecular formula is C22H26N4O4. The number of amides is 1. The van der Waals surface area contributed by atoms with E-state index in [1.807, 2.05) is 44.2 Å². The minimum Gasteiger partial charge on any atom is -0.348 e. The van der Waals surface area contributed by atoms with Gasteiger partial charge in [0.1, 0.15) is 5.65 Å². The summed E-state index contributed by atoms with van der Waals surface area (Å²) in [6, 6.07) is 10.5. The normalized spacial score (nSPS) is 11.0. The molecule has 2 aromatic heterocycles. The third-order valence-electron chi connectivity index (χ3n) is 5.01. The molecule has 158 valence electrons. The van der Waals surface area contributed by atoms with Crippen molar-refractivity contribution in [1.82, 2.24) is 19.0 Å². The Balaban J connectivity index is 2.24. The van der Waals surface area contributed by atoms with Gasteiger partial charge in [-0.1, -0.05) is 44.2 Å². The maximum atomic E-state index is 13.2. The molecule has 0 saturated carbocycles. The summed E-state index contributed by atoms with van der Waals surface area (Å²) >= 11 is 0. The van der Waals surface area contributed by atoms with Crippen LogP contribution >= 0.6 is 0 Å². The highest BCUT2D eigenvalue weighted by Crippen LogP contribution is 2.13. The summed E-state index contributed by atoms with van der Waals surface area (Å²) < 4.78 is 3.80. The highest BCUT2D eigenvalue weighted by Gasteiger charge is 2.22. The number of benzene rings is 1. The average molecular weight is 410 g/mol. The van der Waals surface area contributed by atoms with E-state index in [2.05, 4.69) is 5.32 Å². The van der Waals surface area contributed by atoms with Crippen LogP contribution in [0, 0.1) is 0 Å². The van der Waals surface area contributed by atoms with Gasteiger partial charge in [0.15, 0.2) is 0 Å². The van der Waals surface area contributed by atoms with Crippen LogP contribution in [0.15, 0.2) is 50.8 Å². The number of carbonyl (C=O) groups is 1. The van der Waals surface area contributed by atoms with Crippen molar-refractivity contribution in [3.8, 4) is 0 Å². The summed E-state index contributed by atoms with van der Waals surface area (Å²) in [7, 11) is 1.52. The highest BCUT2D eigenvalue weighted by molar-refractivity contribution is 6.05. The van der Waals surface area contributed by atoms with Crippen molar-refractivity contribution >= 4 is 16.9 Å². The predicted octanol–water partition coefficient (Wildman–Crippen LogP) is 1.61. The number of hydrogen-bond acceptors (Lipinski definition) is 4. The quantitative estimate of drug-likeness (QED) is 0.640. The van der Waals surface area contributed by atoms with E-state index in [1.165, 1.54) is 22.2 Å². The van der Waals surface area contributed by atoms with Crippen LogP contribution in [0.5, 0.6) is 0 Å². The van der Waals surface area contributed by atoms with Gasteiger partial charge in [-0.15, -0.1) is 0 Å². The number of aryl methyl sites for hydroxylation is 2. The van der Waals surface area contributed by atoms with E-state index in [4.69, 9.17) is 0 Å². The van der Waals surface area contributed by atoms with Crippen LogP contribution in [0.2, 0.25) is 0 Å². The first-order chi connectivity index (χ1) is 14.4. The van der Waals surface area contributed by atoms with Crippen LogP contribution in [-0.4, -0.2) is 19.6 Å². The van der Waals surface area contributed by atoms with E-state index >= 15 is 0 Å². The van der Waals surface area contributed by atoms with Gasteiger partial charge in [-0.2, -0.15) is 0 Å². The molecule has 1 N–H and O–H groups in total. The molecule has 3 rings (SSSR count). The van der Waals surface area contributed by atoms with Crippen LogP contribution in [0.3, 0.4) is 0 Å². The molecule has 0 atom stereocenters. The van der Waals surface area contributed by atoms with Crippen molar-refractivity contribution in [3.63, 3.8) is 0 Å². The van der Waals surface area contributed by atoms with E-state index in [0.717, 1.165) is 10.1 Å². The minimum absolute atomic E-state index is 0.0104. The Morgan fingerprint density at radius 2 is 1.60 bits per heavy atom. The summed E-state index contributed by atoms with van der Waals surface area (Å²) in [6.45, 7) is 4.59. The third kappa shape index (κ3) is 3.85. The smallest absolute Gasteiger partial charge is 0.332 e. The Labute approximate surface area is 173 Å². The zero-order valence-corrected chi connectivity index (χ0v) is 17.5. The zero-order chi connectivity index (χ0) is 21.8. The van der Waals surface area contributed by atoms with Gasteiger partial charge in [0, 0.05) is 32.7 Å². The van der Waals surface area contributed by atoms with Gasteiger partial charge >= 0.3 is 5.69 Å². The van der Waals surface area contributed by atoms with E-state index in [1.54, 1.807) is 0 Å². The number of fused-ring (bicyclic) bond motifs is 1. The Hall–Kier alpha value is -3.42. The first-order valence-corrected chi connectivity index (χ1v) is 10.1. The summed E-state index contributed by atoms with van der Waals surface area (Å²) in [4.78, 5) is 51.7. The maximum absolute atomic E-state index is 13.2. The number of nitrogens with zero attached hydrogens (tertiary/aromatic N) is 3. The predicted molar refractivity (Wildman–Crippen MR) is 116 cm³/mol. The number of aromatic nitrogens is 3. The molecule has 0 aliphatic carbocycles. The lowest BCUT2D eigenvalue weighted by molar-refractivity contribution is 0.0952. The molecule has 3 aromatic rings. The molecule has 8 nitrogen and oxygen atoms in total. The molecule has 2 heterocycles. The molecule has 0 aliphatic rings. The second-order valence-corrected chi connectivity index (χ2v) is 7.21. The average Bonchev–Trinajstić information content (AvgIpc) is 2.75. The van der Waals surface area contributed by atoms with Gasteiger partial charge in [-0.05, 0) is 18.4 Å². The van der Waals surface area contributed by atoms with Crippen molar-refractivity contribution in [2.45, 2.75) is 46.3 Å². The SMILES string of the molecule is CCCn1c(=O)c2c(C(=O)NCc3ccccc3)cc(=O)n(CCC)c2n(C)c1=O. The zero-order valence-electron chi connectivity index (χ0n) is 17.5. The van der Waals surface area contributed by atoms with Gasteiger partial charge in [0.25, 0.3) is 17.0 Å². The Morgan fingerprint density at radius 3 is 2.23 bits per heavy atom. The van der Waals surface area contributed by atoms with Crippen LogP contribution in [-0.2, 0) is 26.7 Å². The molecule has 0 radical (unpaired) electrons. The van der Waals surface area contributed by atoms with E-state index < -0.39 is 22.7 Å². The summed E-state index contributed by atoms with van der Waals surface area (Å²) in [5.74, 6) is -0.525. The van der Waals surface area contributed by atoms with Crippen LogP contribution in [0.4, 0.5) is 0 Å². The lowest BCUT2D eigenvalue weighted by atomic mass is 10.1. The maximum Gasteiger partial charge on any atom is 0.332 e. The van der Waals surface area contributed by atoms with Crippen molar-refractivity contribution in [3.05, 3.63) is 78.7 Å². The number of rotatable bonds is 7. The molecule has 0 saturated heterocycles. The van der Waals surface area contributed by atoms with Crippen molar-refractivity contribution in [2.75, 3.05) is 0 Å². The minimum atomic E-state index is -0.551. The molecule has 0 fully saturated rings. The number of hydrogen-bond donors (Lipinski definition) is 1. The second-order valence-electron chi connectivity index (χ2n) is 7.21. The molecule has 0 bridgehead atoms. The number of carbonyl (C=O) groups excluding carboxylic acids is 1. The van der Waals surface area contributed by atoms with Crippen LogP contribution in [0.1, 0.15) is 42.6 Å². The van der Waals surface area contributed by atoms with E-state index in [-0.39, 0.29) is 29.7 Å². The molecule has 1 aromatic carbocycles. The fourth-order valence-electron chi connectivity index (χ4n) is 3.60. The summed E-state index contributed by atoms with van der Waals surface area (Å²) in [5.41, 5.74) is -0.410. The lowest BCUT2D eigenvalue weighted by Gasteiger charge is -2.17. The fraction of sp³-hybridized carbons (Fsp3) is 0.364. The summed E-state index contributed by atoms with van der Waals surface area (Å²) in [6.07, 6.45) is 1.23. The summed E-state index contributed by atoms with van der Waals surface area (Å²) in [5, 5.41) is 2.86. The molecule has 0 spiro atoms. The van der Waals surface area contributed by atoms with Gasteiger partial charge in [0.05, 0.1) is 10.9 Å². The Morgan fingerprint density at radius 1 is 0.967 bits per heavy atom. The van der Waals surface area contributed by atoms with Crippen molar-refractivity contribution < 1.29 is 4.79 Å². The first-order valence-electron chi connectivity index (χ1n) is 10.1. The molecule has 30 heavy (non-hydrogen) atoms. The molecule has 0 aliphatic heterocycles. The second kappa shape index (κ2) is 8.94. The van der Waals surface area contributed by atoms with Crippen molar-refractivity contribution in [2.24, 2.45) is 7.05 Å². The monoisotopic (exact) mass is 410 g/mol. The largest absolute Gasteiger partial charge is 0.348 e. The third-order valence-corrected chi connectivity index (χ3v) is 5.01. The topological polar surface area (TPSA) is 95.1 Å². The fourth-order valence-corrected chi connectivity index (χ4v) is 3.60. The number of nitrogens with one attached hydrogen (secondary N) is 1.